The van der Waals surface area contributed by atoms with Crippen molar-refractivity contribution >= 4 is 21.7 Å². The second kappa shape index (κ2) is 6.92. The molecule has 6 aromatic rings. The monoisotopic (exact) mass is 474 g/mol. The highest BCUT2D eigenvalue weighted by Crippen LogP contribution is 2.61. The van der Waals surface area contributed by atoms with Gasteiger partial charge in [-0.25, -0.2) is 0 Å². The van der Waals surface area contributed by atoms with Crippen molar-refractivity contribution in [3.8, 4) is 22.4 Å². The zero-order valence-electron chi connectivity index (χ0n) is 21.2. The molecule has 0 fully saturated rings. The van der Waals surface area contributed by atoms with Crippen molar-refractivity contribution in [3.63, 3.8) is 0 Å². The van der Waals surface area contributed by atoms with Crippen LogP contribution in [0.15, 0.2) is 103 Å². The summed E-state index contributed by atoms with van der Waals surface area (Å²) in [5.74, 6) is 0. The van der Waals surface area contributed by atoms with Crippen LogP contribution in [0.4, 0.5) is 0 Å². The zero-order chi connectivity index (χ0) is 24.9. The van der Waals surface area contributed by atoms with Crippen LogP contribution in [0, 0.1) is 0 Å². The van der Waals surface area contributed by atoms with Crippen LogP contribution in [-0.4, -0.2) is 9.97 Å². The van der Waals surface area contributed by atoms with Crippen LogP contribution in [-0.2, 0) is 10.8 Å². The molecule has 4 aromatic carbocycles. The molecule has 0 N–H and O–H groups in total. The van der Waals surface area contributed by atoms with Gasteiger partial charge in [0.1, 0.15) is 0 Å². The molecule has 0 amide bonds. The Morgan fingerprint density at radius 2 is 1.22 bits per heavy atom. The maximum absolute atomic E-state index is 5.21. The van der Waals surface area contributed by atoms with E-state index in [1.54, 1.807) is 0 Å². The highest BCUT2D eigenvalue weighted by Gasteiger charge is 2.51. The summed E-state index contributed by atoms with van der Waals surface area (Å²) in [5, 5.41) is 3.66. The summed E-state index contributed by atoms with van der Waals surface area (Å²) in [6.07, 6.45) is 1.92. The Labute approximate surface area is 216 Å². The Hall–Kier alpha value is -4.30. The molecule has 2 heteroatoms. The molecule has 37 heavy (non-hydrogen) atoms. The van der Waals surface area contributed by atoms with Gasteiger partial charge in [-0.1, -0.05) is 93.6 Å². The van der Waals surface area contributed by atoms with Crippen molar-refractivity contribution in [2.75, 3.05) is 0 Å². The fourth-order valence-corrected chi connectivity index (χ4v) is 6.77. The van der Waals surface area contributed by atoms with Gasteiger partial charge in [0.05, 0.1) is 16.6 Å². The third kappa shape index (κ3) is 2.55. The van der Waals surface area contributed by atoms with Crippen LogP contribution in [0.1, 0.15) is 48.7 Å². The van der Waals surface area contributed by atoms with E-state index in [0.29, 0.717) is 0 Å². The Kier molecular flexibility index (Phi) is 3.90. The minimum atomic E-state index is -0.441. The van der Waals surface area contributed by atoms with E-state index >= 15 is 0 Å². The molecule has 2 aliphatic carbocycles. The van der Waals surface area contributed by atoms with E-state index in [2.05, 4.69) is 118 Å². The summed E-state index contributed by atoms with van der Waals surface area (Å²) in [6, 6.07) is 35.9. The van der Waals surface area contributed by atoms with E-state index in [-0.39, 0.29) is 5.41 Å². The Balaban J connectivity index is 1.67. The first-order valence-electron chi connectivity index (χ1n) is 13.0. The number of nitrogens with zero attached hydrogens (tertiary/aromatic N) is 2. The van der Waals surface area contributed by atoms with Gasteiger partial charge in [0.25, 0.3) is 0 Å². The van der Waals surface area contributed by atoms with Gasteiger partial charge in [-0.2, -0.15) is 0 Å². The molecule has 176 valence electrons. The van der Waals surface area contributed by atoms with Crippen molar-refractivity contribution in [2.24, 2.45) is 0 Å². The van der Waals surface area contributed by atoms with Gasteiger partial charge >= 0.3 is 0 Å². The summed E-state index contributed by atoms with van der Waals surface area (Å²) in [4.78, 5) is 10.2. The molecule has 0 atom stereocenters. The van der Waals surface area contributed by atoms with Crippen molar-refractivity contribution < 1.29 is 0 Å². The molecular weight excluding hydrogens is 448 g/mol. The van der Waals surface area contributed by atoms with Gasteiger partial charge in [0.2, 0.25) is 0 Å². The largest absolute Gasteiger partial charge is 0.255 e. The van der Waals surface area contributed by atoms with Crippen LogP contribution in [0.5, 0.6) is 0 Å². The van der Waals surface area contributed by atoms with Gasteiger partial charge in [-0.3, -0.25) is 9.97 Å². The minimum Gasteiger partial charge on any atom is -0.255 e. The first-order chi connectivity index (χ1) is 18.0. The van der Waals surface area contributed by atoms with E-state index in [1.807, 2.05) is 6.20 Å². The number of aromatic nitrogens is 2. The summed E-state index contributed by atoms with van der Waals surface area (Å²) < 4.78 is 0. The predicted molar refractivity (Wildman–Crippen MR) is 152 cm³/mol. The van der Waals surface area contributed by atoms with E-state index in [4.69, 9.17) is 9.97 Å². The van der Waals surface area contributed by atoms with Crippen LogP contribution in [0.3, 0.4) is 0 Å². The summed E-state index contributed by atoms with van der Waals surface area (Å²) in [6.45, 7) is 6.76. The lowest BCUT2D eigenvalue weighted by atomic mass is 9.62. The molecular formula is C35H26N2. The molecule has 0 radical (unpaired) electrons. The fraction of sp³-hybridized carbons (Fsp3) is 0.143. The summed E-state index contributed by atoms with van der Waals surface area (Å²) in [7, 11) is 0. The molecule has 0 saturated carbocycles. The van der Waals surface area contributed by atoms with Crippen LogP contribution >= 0.6 is 0 Å². The molecule has 1 spiro atoms. The van der Waals surface area contributed by atoms with Gasteiger partial charge in [-0.05, 0) is 68.4 Å². The second-order valence-corrected chi connectivity index (χ2v) is 11.4. The third-order valence-corrected chi connectivity index (χ3v) is 8.39. The van der Waals surface area contributed by atoms with E-state index in [9.17, 15) is 0 Å². The molecule has 2 heterocycles. The number of hydrogen-bond acceptors (Lipinski definition) is 2. The SMILES string of the molecule is CC(C)(C)c1cc2c3c(nccc3n1)-c1cc3ccccc3cc1C21c2ccccc2-c2ccccc21. The molecule has 2 aliphatic rings. The minimum absolute atomic E-state index is 0.0867. The lowest BCUT2D eigenvalue weighted by Crippen LogP contribution is -2.33. The topological polar surface area (TPSA) is 25.8 Å². The van der Waals surface area contributed by atoms with E-state index in [1.165, 1.54) is 55.1 Å². The first-order valence-corrected chi connectivity index (χ1v) is 13.0. The fourth-order valence-electron chi connectivity index (χ4n) is 6.77. The molecule has 0 aliphatic heterocycles. The highest BCUT2D eigenvalue weighted by molar-refractivity contribution is 6.06. The second-order valence-electron chi connectivity index (χ2n) is 11.4. The standard InChI is InChI=1S/C35H26N2/c1-34(2,3)31-20-29-32-30(37-31)16-17-36-33(32)25-18-21-10-4-5-11-22(21)19-28(25)35(29)26-14-8-6-12-23(26)24-13-7-9-15-27(24)35/h4-20H,1-3H3. The molecule has 2 nitrogen and oxygen atoms in total. The van der Waals surface area contributed by atoms with Crippen LogP contribution < -0.4 is 0 Å². The van der Waals surface area contributed by atoms with Crippen LogP contribution in [0.2, 0.25) is 0 Å². The van der Waals surface area contributed by atoms with Crippen molar-refractivity contribution in [1.82, 2.24) is 9.97 Å². The zero-order valence-corrected chi connectivity index (χ0v) is 21.2. The van der Waals surface area contributed by atoms with Gasteiger partial charge < -0.3 is 0 Å². The normalized spacial score (nSPS) is 14.6. The number of fused-ring (bicyclic) bond motifs is 10. The van der Waals surface area contributed by atoms with Crippen molar-refractivity contribution in [3.05, 3.63) is 131 Å². The number of benzene rings is 4. The smallest absolute Gasteiger partial charge is 0.0802 e. The van der Waals surface area contributed by atoms with E-state index < -0.39 is 5.41 Å². The van der Waals surface area contributed by atoms with Crippen molar-refractivity contribution in [1.29, 1.82) is 0 Å². The average Bonchev–Trinajstić information content (AvgIpc) is 3.21. The highest BCUT2D eigenvalue weighted by atomic mass is 14.8. The number of pyridine rings is 2. The Morgan fingerprint density at radius 1 is 0.595 bits per heavy atom. The lowest BCUT2D eigenvalue weighted by Gasteiger charge is -2.40. The van der Waals surface area contributed by atoms with Crippen molar-refractivity contribution in [2.45, 2.75) is 31.6 Å². The molecule has 0 unspecified atom stereocenters. The molecule has 0 bridgehead atoms. The maximum Gasteiger partial charge on any atom is 0.0802 e. The number of rotatable bonds is 0. The summed E-state index contributed by atoms with van der Waals surface area (Å²) in [5.41, 5.74) is 11.8. The molecule has 2 aromatic heterocycles. The quantitative estimate of drug-likeness (QED) is 0.220. The Morgan fingerprint density at radius 3 is 1.89 bits per heavy atom. The van der Waals surface area contributed by atoms with Gasteiger partial charge in [-0.15, -0.1) is 0 Å². The third-order valence-electron chi connectivity index (χ3n) is 8.39. The van der Waals surface area contributed by atoms with Gasteiger partial charge in [0, 0.05) is 28.3 Å². The lowest BCUT2D eigenvalue weighted by molar-refractivity contribution is 0.569. The van der Waals surface area contributed by atoms with Gasteiger partial charge in [0.15, 0.2) is 0 Å². The first kappa shape index (κ1) is 20.8. The van der Waals surface area contributed by atoms with Crippen LogP contribution in [0.25, 0.3) is 44.1 Å². The maximum atomic E-state index is 5.21. The average molecular weight is 475 g/mol. The summed E-state index contributed by atoms with van der Waals surface area (Å²) >= 11 is 0. The van der Waals surface area contributed by atoms with E-state index in [0.717, 1.165) is 16.9 Å². The molecule has 0 saturated heterocycles. The molecule has 8 rings (SSSR count). The predicted octanol–water partition coefficient (Wildman–Crippen LogP) is 8.42. The Bertz CT molecular complexity index is 1880. The number of hydrogen-bond donors (Lipinski definition) is 0.